The van der Waals surface area contributed by atoms with Gasteiger partial charge in [0.2, 0.25) is 11.8 Å². The Hall–Kier alpha value is -2.37. The van der Waals surface area contributed by atoms with Crippen molar-refractivity contribution >= 4 is 22.8 Å². The maximum Gasteiger partial charge on any atom is 0.242 e. The summed E-state index contributed by atoms with van der Waals surface area (Å²) in [5.41, 5.74) is 1.65. The zero-order chi connectivity index (χ0) is 21.6. The second-order valence-corrected chi connectivity index (χ2v) is 9.36. The van der Waals surface area contributed by atoms with Crippen molar-refractivity contribution in [1.82, 2.24) is 19.8 Å². The number of nitrogens with one attached hydrogen (secondary N) is 1. The number of imidazole rings is 1. The first-order valence-corrected chi connectivity index (χ1v) is 11.4. The van der Waals surface area contributed by atoms with E-state index in [2.05, 4.69) is 16.0 Å². The van der Waals surface area contributed by atoms with E-state index in [1.165, 1.54) is 6.42 Å². The summed E-state index contributed by atoms with van der Waals surface area (Å²) in [5.74, 6) is 1.28. The molecule has 30 heavy (non-hydrogen) atoms. The van der Waals surface area contributed by atoms with Gasteiger partial charge in [0.05, 0.1) is 11.0 Å². The molecular formula is C24H36N4O2. The fraction of sp³-hybridized carbons (Fsp3) is 0.625. The van der Waals surface area contributed by atoms with E-state index in [4.69, 9.17) is 4.98 Å². The van der Waals surface area contributed by atoms with Crippen LogP contribution in [0.3, 0.4) is 0 Å². The third-order valence-electron chi connectivity index (χ3n) is 5.78. The lowest BCUT2D eigenvalue weighted by Crippen LogP contribution is -2.38. The van der Waals surface area contributed by atoms with Crippen molar-refractivity contribution in [3.63, 3.8) is 0 Å². The van der Waals surface area contributed by atoms with Crippen molar-refractivity contribution in [3.05, 3.63) is 30.1 Å². The molecule has 2 aromatic rings. The molecule has 164 valence electrons. The van der Waals surface area contributed by atoms with Crippen LogP contribution in [0.15, 0.2) is 24.3 Å². The van der Waals surface area contributed by atoms with E-state index in [1.54, 1.807) is 0 Å². The first kappa shape index (κ1) is 22.3. The molecule has 6 heteroatoms. The van der Waals surface area contributed by atoms with Gasteiger partial charge in [-0.15, -0.1) is 0 Å². The van der Waals surface area contributed by atoms with E-state index in [1.807, 2.05) is 43.9 Å². The lowest BCUT2D eigenvalue weighted by Gasteiger charge is -2.27. The summed E-state index contributed by atoms with van der Waals surface area (Å²) < 4.78 is 2.10. The number of likely N-dealkylation sites (tertiary alicyclic amines) is 1. The minimum Gasteiger partial charge on any atom is -0.356 e. The highest BCUT2D eigenvalue weighted by molar-refractivity contribution is 5.81. The number of hydrogen-bond donors (Lipinski definition) is 1. The zero-order valence-electron chi connectivity index (χ0n) is 18.7. The number of amides is 2. The third-order valence-corrected chi connectivity index (χ3v) is 5.78. The summed E-state index contributed by atoms with van der Waals surface area (Å²) in [6, 6.07) is 8.07. The molecule has 0 saturated carbocycles. The van der Waals surface area contributed by atoms with Crippen molar-refractivity contribution in [2.24, 2.45) is 5.41 Å². The Morgan fingerprint density at radius 1 is 1.03 bits per heavy atom. The van der Waals surface area contributed by atoms with E-state index in [0.29, 0.717) is 13.1 Å². The predicted molar refractivity (Wildman–Crippen MR) is 120 cm³/mol. The zero-order valence-corrected chi connectivity index (χ0v) is 18.7. The van der Waals surface area contributed by atoms with E-state index >= 15 is 0 Å². The van der Waals surface area contributed by atoms with E-state index < -0.39 is 0 Å². The highest BCUT2D eigenvalue weighted by atomic mass is 16.2. The van der Waals surface area contributed by atoms with Crippen molar-refractivity contribution < 1.29 is 9.59 Å². The van der Waals surface area contributed by atoms with Crippen LogP contribution >= 0.6 is 0 Å². The van der Waals surface area contributed by atoms with E-state index in [-0.39, 0.29) is 17.2 Å². The Morgan fingerprint density at radius 3 is 2.50 bits per heavy atom. The minimum absolute atomic E-state index is 0.0977. The number of benzene rings is 1. The van der Waals surface area contributed by atoms with Crippen LogP contribution in [0.1, 0.15) is 65.1 Å². The van der Waals surface area contributed by atoms with Crippen LogP contribution in [0.4, 0.5) is 0 Å². The molecule has 0 bridgehead atoms. The van der Waals surface area contributed by atoms with Crippen molar-refractivity contribution in [2.75, 3.05) is 19.6 Å². The number of rotatable bonds is 8. The van der Waals surface area contributed by atoms with Gasteiger partial charge < -0.3 is 14.8 Å². The Balaban J connectivity index is 1.56. The molecule has 3 rings (SSSR count). The van der Waals surface area contributed by atoms with Crippen LogP contribution in [0.2, 0.25) is 0 Å². The van der Waals surface area contributed by atoms with Gasteiger partial charge in [-0.05, 0) is 44.2 Å². The van der Waals surface area contributed by atoms with Crippen LogP contribution in [0, 0.1) is 5.41 Å². The molecule has 0 atom stereocenters. The standard InChI is InChI=1S/C24H36N4O2/c1-24(2,3)23(30)25-15-9-4-6-14-21-26-19-12-7-8-13-20(19)28(21)18-22(29)27-16-10-5-11-17-27/h7-8,12-13H,4-6,9-11,14-18H2,1-3H3,(H,25,30). The summed E-state index contributed by atoms with van der Waals surface area (Å²) in [6.45, 7) is 8.62. The molecular weight excluding hydrogens is 376 g/mol. The topological polar surface area (TPSA) is 67.2 Å². The predicted octanol–water partition coefficient (Wildman–Crippen LogP) is 3.92. The SMILES string of the molecule is CC(C)(C)C(=O)NCCCCCc1nc2ccccc2n1CC(=O)N1CCCCC1. The number of unbranched alkanes of at least 4 members (excludes halogenated alkanes) is 2. The average Bonchev–Trinajstić information content (AvgIpc) is 3.07. The second kappa shape index (κ2) is 10.1. The highest BCUT2D eigenvalue weighted by Crippen LogP contribution is 2.19. The number of fused-ring (bicyclic) bond motifs is 1. The maximum absolute atomic E-state index is 12.9. The van der Waals surface area contributed by atoms with Crippen LogP contribution in [-0.2, 0) is 22.6 Å². The Labute approximate surface area is 180 Å². The van der Waals surface area contributed by atoms with Crippen molar-refractivity contribution in [2.45, 2.75) is 72.3 Å². The van der Waals surface area contributed by atoms with Crippen molar-refractivity contribution in [3.8, 4) is 0 Å². The molecule has 0 radical (unpaired) electrons. The highest BCUT2D eigenvalue weighted by Gasteiger charge is 2.21. The minimum atomic E-state index is -0.342. The monoisotopic (exact) mass is 412 g/mol. The molecule has 1 aliphatic heterocycles. The molecule has 2 amide bonds. The second-order valence-electron chi connectivity index (χ2n) is 9.36. The number of carbonyl (C=O) groups excluding carboxylic acids is 2. The molecule has 2 heterocycles. The summed E-state index contributed by atoms with van der Waals surface area (Å²) in [4.78, 5) is 31.6. The van der Waals surface area contributed by atoms with Crippen LogP contribution in [-0.4, -0.2) is 45.9 Å². The number of hydrogen-bond acceptors (Lipinski definition) is 3. The van der Waals surface area contributed by atoms with Crippen LogP contribution < -0.4 is 5.32 Å². The van der Waals surface area contributed by atoms with Gasteiger partial charge in [0, 0.05) is 31.5 Å². The fourth-order valence-corrected chi connectivity index (χ4v) is 3.92. The number of nitrogens with zero attached hydrogens (tertiary/aromatic N) is 3. The number of piperidine rings is 1. The normalized spacial score (nSPS) is 14.8. The lowest BCUT2D eigenvalue weighted by molar-refractivity contribution is -0.132. The largest absolute Gasteiger partial charge is 0.356 e. The summed E-state index contributed by atoms with van der Waals surface area (Å²) in [6.07, 6.45) is 7.24. The van der Waals surface area contributed by atoms with Gasteiger partial charge in [0.15, 0.2) is 0 Å². The van der Waals surface area contributed by atoms with Gasteiger partial charge in [0.1, 0.15) is 12.4 Å². The third kappa shape index (κ3) is 5.83. The fourth-order valence-electron chi connectivity index (χ4n) is 3.92. The molecule has 1 saturated heterocycles. The van der Waals surface area contributed by atoms with Gasteiger partial charge in [-0.3, -0.25) is 9.59 Å². The molecule has 0 spiro atoms. The average molecular weight is 413 g/mol. The van der Waals surface area contributed by atoms with E-state index in [0.717, 1.165) is 68.5 Å². The molecule has 1 fully saturated rings. The molecule has 1 aliphatic rings. The number of carbonyl (C=O) groups is 2. The lowest BCUT2D eigenvalue weighted by atomic mass is 9.96. The van der Waals surface area contributed by atoms with Gasteiger partial charge in [0.25, 0.3) is 0 Å². The first-order valence-electron chi connectivity index (χ1n) is 11.4. The van der Waals surface area contributed by atoms with Gasteiger partial charge in [-0.2, -0.15) is 0 Å². The summed E-state index contributed by atoms with van der Waals surface area (Å²) in [5, 5.41) is 3.01. The smallest absolute Gasteiger partial charge is 0.242 e. The molecule has 1 aromatic heterocycles. The quantitative estimate of drug-likeness (QED) is 0.668. The van der Waals surface area contributed by atoms with E-state index in [9.17, 15) is 9.59 Å². The van der Waals surface area contributed by atoms with Gasteiger partial charge >= 0.3 is 0 Å². The Morgan fingerprint density at radius 2 is 1.77 bits per heavy atom. The molecule has 1 aromatic carbocycles. The molecule has 0 aliphatic carbocycles. The summed E-state index contributed by atoms with van der Waals surface area (Å²) in [7, 11) is 0. The number of para-hydroxylation sites is 2. The maximum atomic E-state index is 12.9. The first-order chi connectivity index (χ1) is 14.4. The van der Waals surface area contributed by atoms with Crippen LogP contribution in [0.25, 0.3) is 11.0 Å². The Bertz CT molecular complexity index is 860. The summed E-state index contributed by atoms with van der Waals surface area (Å²) >= 11 is 0. The molecule has 0 unspecified atom stereocenters. The number of aryl methyl sites for hydroxylation is 1. The van der Waals surface area contributed by atoms with Gasteiger partial charge in [-0.25, -0.2) is 4.98 Å². The molecule has 6 nitrogen and oxygen atoms in total. The Kier molecular flexibility index (Phi) is 7.51. The number of aromatic nitrogens is 2. The molecule has 1 N–H and O–H groups in total. The van der Waals surface area contributed by atoms with Crippen LogP contribution in [0.5, 0.6) is 0 Å². The van der Waals surface area contributed by atoms with Crippen molar-refractivity contribution in [1.29, 1.82) is 0 Å². The van der Waals surface area contributed by atoms with Gasteiger partial charge in [-0.1, -0.05) is 39.3 Å².